The van der Waals surface area contributed by atoms with Crippen molar-refractivity contribution in [3.05, 3.63) is 93.2 Å². The van der Waals surface area contributed by atoms with E-state index in [1.54, 1.807) is 9.25 Å². The summed E-state index contributed by atoms with van der Waals surface area (Å²) in [5.74, 6) is -0.192. The molecule has 0 aliphatic carbocycles. The standard InChI is InChI=1S/C23H19BrN6O2/c24-17-7-5-15(6-8-17)13-29-14-26-21-18(23(29)32)12-27-30(21)10-9-25-22(31)20-11-16-3-1-2-4-19(16)28-20/h1-8,11-12,14,28H,9-10,13H2,(H,25,31). The number of aromatic nitrogens is 5. The Bertz CT molecular complexity index is 1450. The first-order valence-electron chi connectivity index (χ1n) is 10.1. The third-order valence-electron chi connectivity index (χ3n) is 5.27. The van der Waals surface area contributed by atoms with Gasteiger partial charge in [-0.25, -0.2) is 9.67 Å². The van der Waals surface area contributed by atoms with Gasteiger partial charge in [0, 0.05) is 21.9 Å². The van der Waals surface area contributed by atoms with Gasteiger partial charge in [-0.2, -0.15) is 5.10 Å². The zero-order valence-electron chi connectivity index (χ0n) is 17.0. The minimum Gasteiger partial charge on any atom is -0.351 e. The summed E-state index contributed by atoms with van der Waals surface area (Å²) in [6.45, 7) is 1.19. The molecule has 0 fully saturated rings. The van der Waals surface area contributed by atoms with E-state index in [1.165, 1.54) is 12.5 Å². The number of nitrogens with one attached hydrogen (secondary N) is 2. The summed E-state index contributed by atoms with van der Waals surface area (Å²) in [5.41, 5.74) is 2.78. The van der Waals surface area contributed by atoms with Crippen LogP contribution in [0.2, 0.25) is 0 Å². The molecule has 32 heavy (non-hydrogen) atoms. The Morgan fingerprint density at radius 2 is 1.94 bits per heavy atom. The van der Waals surface area contributed by atoms with Crippen LogP contribution in [-0.4, -0.2) is 36.8 Å². The average Bonchev–Trinajstić information content (AvgIpc) is 3.42. The van der Waals surface area contributed by atoms with Crippen LogP contribution in [0, 0.1) is 0 Å². The van der Waals surface area contributed by atoms with Crippen molar-refractivity contribution in [1.82, 2.24) is 29.6 Å². The smallest absolute Gasteiger partial charge is 0.267 e. The Labute approximate surface area is 191 Å². The number of hydrogen-bond donors (Lipinski definition) is 2. The molecule has 5 aromatic rings. The van der Waals surface area contributed by atoms with Gasteiger partial charge in [-0.1, -0.05) is 46.3 Å². The van der Waals surface area contributed by atoms with Crippen LogP contribution < -0.4 is 10.9 Å². The predicted molar refractivity (Wildman–Crippen MR) is 126 cm³/mol. The molecule has 0 spiro atoms. The molecule has 9 heteroatoms. The van der Waals surface area contributed by atoms with Crippen LogP contribution in [0.4, 0.5) is 0 Å². The van der Waals surface area contributed by atoms with Gasteiger partial charge in [0.1, 0.15) is 17.4 Å². The highest BCUT2D eigenvalue weighted by atomic mass is 79.9. The number of benzene rings is 2. The first kappa shape index (κ1) is 20.2. The van der Waals surface area contributed by atoms with E-state index < -0.39 is 0 Å². The monoisotopic (exact) mass is 490 g/mol. The van der Waals surface area contributed by atoms with Crippen molar-refractivity contribution in [3.63, 3.8) is 0 Å². The van der Waals surface area contributed by atoms with E-state index in [0.29, 0.717) is 36.4 Å². The van der Waals surface area contributed by atoms with Crippen LogP contribution >= 0.6 is 15.9 Å². The van der Waals surface area contributed by atoms with Gasteiger partial charge in [0.05, 0.1) is 19.3 Å². The summed E-state index contributed by atoms with van der Waals surface area (Å²) in [5, 5.41) is 8.61. The fraction of sp³-hybridized carbons (Fsp3) is 0.130. The number of carbonyl (C=O) groups excluding carboxylic acids is 1. The lowest BCUT2D eigenvalue weighted by Crippen LogP contribution is -2.28. The van der Waals surface area contributed by atoms with Gasteiger partial charge in [-0.05, 0) is 29.8 Å². The number of H-pyrrole nitrogens is 1. The molecule has 0 radical (unpaired) electrons. The second kappa shape index (κ2) is 8.43. The van der Waals surface area contributed by atoms with Crippen LogP contribution in [0.15, 0.2) is 76.4 Å². The number of para-hydroxylation sites is 1. The van der Waals surface area contributed by atoms with E-state index in [9.17, 15) is 9.59 Å². The van der Waals surface area contributed by atoms with Gasteiger partial charge in [0.15, 0.2) is 5.65 Å². The Hall–Kier alpha value is -3.72. The zero-order valence-corrected chi connectivity index (χ0v) is 18.5. The molecule has 0 bridgehead atoms. The molecule has 0 saturated carbocycles. The fourth-order valence-corrected chi connectivity index (χ4v) is 3.89. The molecule has 0 atom stereocenters. The van der Waals surface area contributed by atoms with Crippen LogP contribution in [0.5, 0.6) is 0 Å². The topological polar surface area (TPSA) is 97.6 Å². The molecular formula is C23H19BrN6O2. The largest absolute Gasteiger partial charge is 0.351 e. The third kappa shape index (κ3) is 3.94. The van der Waals surface area contributed by atoms with E-state index in [2.05, 4.69) is 36.3 Å². The van der Waals surface area contributed by atoms with E-state index in [0.717, 1.165) is 20.9 Å². The molecule has 2 aromatic carbocycles. The highest BCUT2D eigenvalue weighted by molar-refractivity contribution is 9.10. The molecule has 3 aromatic heterocycles. The Balaban J connectivity index is 1.27. The van der Waals surface area contributed by atoms with Crippen molar-refractivity contribution in [1.29, 1.82) is 0 Å². The van der Waals surface area contributed by atoms with Crippen molar-refractivity contribution in [2.24, 2.45) is 0 Å². The minimum atomic E-state index is -0.192. The molecule has 5 rings (SSSR count). The number of hydrogen-bond acceptors (Lipinski definition) is 4. The van der Waals surface area contributed by atoms with E-state index in [-0.39, 0.29) is 11.5 Å². The second-order valence-corrected chi connectivity index (χ2v) is 8.35. The maximum absolute atomic E-state index is 12.9. The summed E-state index contributed by atoms with van der Waals surface area (Å²) in [4.78, 5) is 32.9. The second-order valence-electron chi connectivity index (χ2n) is 7.44. The molecule has 1 amide bonds. The van der Waals surface area contributed by atoms with Crippen molar-refractivity contribution in [2.45, 2.75) is 13.1 Å². The van der Waals surface area contributed by atoms with Gasteiger partial charge >= 0.3 is 0 Å². The molecule has 3 heterocycles. The molecule has 0 saturated heterocycles. The number of fused-ring (bicyclic) bond motifs is 2. The van der Waals surface area contributed by atoms with E-state index in [4.69, 9.17) is 0 Å². The number of halogens is 1. The van der Waals surface area contributed by atoms with Crippen LogP contribution in [0.25, 0.3) is 21.9 Å². The van der Waals surface area contributed by atoms with E-state index in [1.807, 2.05) is 54.6 Å². The van der Waals surface area contributed by atoms with Crippen molar-refractivity contribution in [3.8, 4) is 0 Å². The lowest BCUT2D eigenvalue weighted by Gasteiger charge is -2.07. The number of carbonyl (C=O) groups is 1. The molecule has 0 unspecified atom stereocenters. The molecule has 0 aliphatic rings. The van der Waals surface area contributed by atoms with Crippen molar-refractivity contribution in [2.75, 3.05) is 6.54 Å². The Morgan fingerprint density at radius 1 is 1.12 bits per heavy atom. The zero-order chi connectivity index (χ0) is 22.1. The lowest BCUT2D eigenvalue weighted by atomic mass is 10.2. The van der Waals surface area contributed by atoms with Crippen LogP contribution in [-0.2, 0) is 13.1 Å². The Kier molecular flexibility index (Phi) is 5.32. The van der Waals surface area contributed by atoms with Gasteiger partial charge in [0.2, 0.25) is 0 Å². The normalized spacial score (nSPS) is 11.3. The van der Waals surface area contributed by atoms with E-state index >= 15 is 0 Å². The summed E-state index contributed by atoms with van der Waals surface area (Å²) < 4.78 is 4.18. The SMILES string of the molecule is O=C(NCCn1ncc2c(=O)n(Cc3ccc(Br)cc3)cnc21)c1cc2ccccc2[nH]1. The number of aromatic amines is 1. The van der Waals surface area contributed by atoms with Gasteiger partial charge in [-0.3, -0.25) is 14.2 Å². The minimum absolute atomic E-state index is 0.147. The van der Waals surface area contributed by atoms with Gasteiger partial charge in [-0.15, -0.1) is 0 Å². The maximum atomic E-state index is 12.9. The number of amides is 1. The summed E-state index contributed by atoms with van der Waals surface area (Å²) in [6.07, 6.45) is 3.07. The molecule has 0 aliphatic heterocycles. The molecular weight excluding hydrogens is 472 g/mol. The first-order valence-corrected chi connectivity index (χ1v) is 10.9. The maximum Gasteiger partial charge on any atom is 0.267 e. The molecule has 160 valence electrons. The highest BCUT2D eigenvalue weighted by Gasteiger charge is 2.12. The molecule has 8 nitrogen and oxygen atoms in total. The third-order valence-corrected chi connectivity index (χ3v) is 5.80. The van der Waals surface area contributed by atoms with Crippen molar-refractivity contribution < 1.29 is 4.79 Å². The predicted octanol–water partition coefficient (Wildman–Crippen LogP) is 3.32. The molecule has 2 N–H and O–H groups in total. The lowest BCUT2D eigenvalue weighted by molar-refractivity contribution is 0.0948. The van der Waals surface area contributed by atoms with Crippen LogP contribution in [0.1, 0.15) is 16.1 Å². The average molecular weight is 491 g/mol. The van der Waals surface area contributed by atoms with Gasteiger partial charge < -0.3 is 10.3 Å². The Morgan fingerprint density at radius 3 is 2.75 bits per heavy atom. The quantitative estimate of drug-likeness (QED) is 0.381. The summed E-state index contributed by atoms with van der Waals surface area (Å²) in [6, 6.07) is 17.3. The van der Waals surface area contributed by atoms with Gasteiger partial charge in [0.25, 0.3) is 11.5 Å². The number of nitrogens with zero attached hydrogens (tertiary/aromatic N) is 4. The fourth-order valence-electron chi connectivity index (χ4n) is 3.63. The highest BCUT2D eigenvalue weighted by Crippen LogP contribution is 2.15. The summed E-state index contributed by atoms with van der Waals surface area (Å²) in [7, 11) is 0. The summed E-state index contributed by atoms with van der Waals surface area (Å²) >= 11 is 3.41. The first-order chi connectivity index (χ1) is 15.6. The number of rotatable bonds is 6. The van der Waals surface area contributed by atoms with Crippen LogP contribution in [0.3, 0.4) is 0 Å². The van der Waals surface area contributed by atoms with Crippen molar-refractivity contribution >= 4 is 43.8 Å².